The van der Waals surface area contributed by atoms with E-state index >= 15 is 0 Å². The van der Waals surface area contributed by atoms with E-state index in [2.05, 4.69) is 26.9 Å². The van der Waals surface area contributed by atoms with E-state index < -0.39 is 0 Å². The second-order valence-electron chi connectivity index (χ2n) is 5.61. The topological polar surface area (TPSA) is 49.5 Å². The van der Waals surface area contributed by atoms with Gasteiger partial charge in [0.2, 0.25) is 0 Å². The van der Waals surface area contributed by atoms with Crippen LogP contribution in [0.1, 0.15) is 43.7 Å². The van der Waals surface area contributed by atoms with Crippen LogP contribution in [0.5, 0.6) is 0 Å². The fourth-order valence-electron chi connectivity index (χ4n) is 2.74. The third kappa shape index (κ3) is 4.29. The number of aliphatic hydroxyl groups excluding tert-OH is 1. The van der Waals surface area contributed by atoms with Gasteiger partial charge < -0.3 is 15.7 Å². The minimum atomic E-state index is 0.0716. The Balaban J connectivity index is 1.86. The quantitative estimate of drug-likeness (QED) is 0.764. The van der Waals surface area contributed by atoms with Crippen molar-refractivity contribution in [3.8, 4) is 0 Å². The lowest BCUT2D eigenvalue weighted by molar-refractivity contribution is 0.113. The Kier molecular flexibility index (Phi) is 6.49. The molecule has 0 saturated heterocycles. The summed E-state index contributed by atoms with van der Waals surface area (Å²) in [6, 6.07) is 8.98. The van der Waals surface area contributed by atoms with Crippen molar-refractivity contribution in [3.05, 3.63) is 34.3 Å². The summed E-state index contributed by atoms with van der Waals surface area (Å²) in [5.74, 6) is 0. The molecule has 4 heteroatoms. The van der Waals surface area contributed by atoms with Gasteiger partial charge in [0.1, 0.15) is 0 Å². The molecule has 0 heterocycles. The molecule has 3 nitrogen and oxygen atoms in total. The van der Waals surface area contributed by atoms with Crippen LogP contribution in [0.2, 0.25) is 0 Å². The number of hydrogen-bond donors (Lipinski definition) is 2. The Hall–Kier alpha value is -0.420. The number of rotatable bonds is 8. The van der Waals surface area contributed by atoms with Gasteiger partial charge in [-0.2, -0.15) is 0 Å². The summed E-state index contributed by atoms with van der Waals surface area (Å²) in [7, 11) is 0. The maximum absolute atomic E-state index is 9.02. The molecular weight excluding hydrogens is 316 g/mol. The first-order valence-electron chi connectivity index (χ1n) is 7.57. The second kappa shape index (κ2) is 8.13. The van der Waals surface area contributed by atoms with Crippen LogP contribution in [0.15, 0.2) is 28.7 Å². The number of halogens is 1. The molecule has 1 saturated carbocycles. The van der Waals surface area contributed by atoms with Gasteiger partial charge in [-0.05, 0) is 37.3 Å². The highest BCUT2D eigenvalue weighted by Crippen LogP contribution is 2.27. The van der Waals surface area contributed by atoms with Crippen LogP contribution < -0.4 is 5.73 Å². The number of aliphatic hydroxyl groups is 1. The van der Waals surface area contributed by atoms with Gasteiger partial charge in [0.15, 0.2) is 0 Å². The van der Waals surface area contributed by atoms with E-state index in [0.29, 0.717) is 6.04 Å². The number of nitrogens with two attached hydrogens (primary N) is 1. The summed E-state index contributed by atoms with van der Waals surface area (Å²) in [5, 5.41) is 9.02. The zero-order valence-corrected chi connectivity index (χ0v) is 13.6. The summed E-state index contributed by atoms with van der Waals surface area (Å²) in [4.78, 5) is 2.51. The summed E-state index contributed by atoms with van der Waals surface area (Å²) in [6.45, 7) is 2.29. The number of nitrogens with zero attached hydrogens (tertiary/aromatic N) is 1. The van der Waals surface area contributed by atoms with Crippen LogP contribution in [0, 0.1) is 0 Å². The van der Waals surface area contributed by atoms with Crippen molar-refractivity contribution in [1.29, 1.82) is 0 Å². The molecular formula is C16H25BrN2O. The number of benzene rings is 1. The van der Waals surface area contributed by atoms with E-state index in [0.717, 1.165) is 30.4 Å². The maximum Gasteiger partial charge on any atom is 0.0443 e. The highest BCUT2D eigenvalue weighted by atomic mass is 79.9. The molecule has 1 aliphatic rings. The van der Waals surface area contributed by atoms with Crippen LogP contribution in [0.3, 0.4) is 0 Å². The van der Waals surface area contributed by atoms with Crippen LogP contribution in [0.4, 0.5) is 0 Å². The third-order valence-corrected chi connectivity index (χ3v) is 4.95. The van der Waals surface area contributed by atoms with Crippen molar-refractivity contribution in [2.75, 3.05) is 19.7 Å². The molecule has 0 bridgehead atoms. The smallest absolute Gasteiger partial charge is 0.0443 e. The van der Waals surface area contributed by atoms with E-state index in [1.807, 2.05) is 18.2 Å². The molecule has 0 aromatic heterocycles. The van der Waals surface area contributed by atoms with Gasteiger partial charge in [-0.25, -0.2) is 0 Å². The molecule has 1 atom stereocenters. The van der Waals surface area contributed by atoms with Gasteiger partial charge in [-0.1, -0.05) is 40.5 Å². The Morgan fingerprint density at radius 3 is 2.65 bits per heavy atom. The van der Waals surface area contributed by atoms with E-state index in [1.54, 1.807) is 0 Å². The SMILES string of the molecule is NC(CCN(CCCO)C1CCC1)c1ccccc1Br. The molecule has 0 spiro atoms. The predicted molar refractivity (Wildman–Crippen MR) is 86.6 cm³/mol. The first-order valence-corrected chi connectivity index (χ1v) is 8.36. The minimum Gasteiger partial charge on any atom is -0.396 e. The van der Waals surface area contributed by atoms with Gasteiger partial charge in [-0.3, -0.25) is 0 Å². The van der Waals surface area contributed by atoms with Gasteiger partial charge in [-0.15, -0.1) is 0 Å². The molecule has 0 radical (unpaired) electrons. The Labute approximate surface area is 130 Å². The van der Waals surface area contributed by atoms with Crippen molar-refractivity contribution >= 4 is 15.9 Å². The molecule has 0 amide bonds. The fraction of sp³-hybridized carbons (Fsp3) is 0.625. The third-order valence-electron chi connectivity index (χ3n) is 4.23. The Morgan fingerprint density at radius 1 is 1.30 bits per heavy atom. The maximum atomic E-state index is 9.02. The predicted octanol–water partition coefficient (Wildman–Crippen LogP) is 3.08. The Bertz CT molecular complexity index is 409. The van der Waals surface area contributed by atoms with E-state index in [1.165, 1.54) is 24.8 Å². The normalized spacial score (nSPS) is 17.2. The molecule has 112 valence electrons. The molecule has 1 aromatic rings. The molecule has 1 aromatic carbocycles. The van der Waals surface area contributed by atoms with E-state index in [-0.39, 0.29) is 12.6 Å². The van der Waals surface area contributed by atoms with Crippen molar-refractivity contribution in [3.63, 3.8) is 0 Å². The highest BCUT2D eigenvalue weighted by Gasteiger charge is 2.24. The summed E-state index contributed by atoms with van der Waals surface area (Å²) >= 11 is 3.57. The fourth-order valence-corrected chi connectivity index (χ4v) is 3.32. The van der Waals surface area contributed by atoms with Crippen molar-refractivity contribution in [1.82, 2.24) is 4.90 Å². The molecule has 2 rings (SSSR count). The van der Waals surface area contributed by atoms with E-state index in [4.69, 9.17) is 10.8 Å². The molecule has 1 aliphatic carbocycles. The zero-order chi connectivity index (χ0) is 14.4. The molecule has 20 heavy (non-hydrogen) atoms. The first-order chi connectivity index (χ1) is 9.72. The lowest BCUT2D eigenvalue weighted by Gasteiger charge is -2.38. The lowest BCUT2D eigenvalue weighted by Crippen LogP contribution is -2.42. The standard InChI is InChI=1S/C16H25BrN2O/c17-15-8-2-1-7-14(15)16(18)9-11-19(10-4-12-20)13-5-3-6-13/h1-2,7-8,13,16,20H,3-6,9-12,18H2. The van der Waals surface area contributed by atoms with Crippen molar-refractivity contribution < 1.29 is 5.11 Å². The van der Waals surface area contributed by atoms with Crippen LogP contribution >= 0.6 is 15.9 Å². The highest BCUT2D eigenvalue weighted by molar-refractivity contribution is 9.10. The monoisotopic (exact) mass is 340 g/mol. The zero-order valence-electron chi connectivity index (χ0n) is 12.0. The summed E-state index contributed by atoms with van der Waals surface area (Å²) in [6.07, 6.45) is 5.77. The van der Waals surface area contributed by atoms with Crippen LogP contribution in [-0.4, -0.2) is 35.7 Å². The van der Waals surface area contributed by atoms with Gasteiger partial charge in [0.05, 0.1) is 0 Å². The van der Waals surface area contributed by atoms with Crippen LogP contribution in [0.25, 0.3) is 0 Å². The number of hydrogen-bond acceptors (Lipinski definition) is 3. The molecule has 3 N–H and O–H groups in total. The lowest BCUT2D eigenvalue weighted by atomic mass is 9.91. The minimum absolute atomic E-state index is 0.0716. The van der Waals surface area contributed by atoms with Gasteiger partial charge in [0.25, 0.3) is 0 Å². The van der Waals surface area contributed by atoms with Crippen molar-refractivity contribution in [2.45, 2.75) is 44.2 Å². The molecule has 1 unspecified atom stereocenters. The average Bonchev–Trinajstić information content (AvgIpc) is 2.39. The summed E-state index contributed by atoms with van der Waals surface area (Å²) < 4.78 is 1.10. The van der Waals surface area contributed by atoms with Crippen molar-refractivity contribution in [2.24, 2.45) is 5.73 Å². The largest absolute Gasteiger partial charge is 0.396 e. The van der Waals surface area contributed by atoms with E-state index in [9.17, 15) is 0 Å². The van der Waals surface area contributed by atoms with Gasteiger partial charge >= 0.3 is 0 Å². The average molecular weight is 341 g/mol. The first kappa shape index (κ1) is 16.0. The molecule has 0 aliphatic heterocycles. The second-order valence-corrected chi connectivity index (χ2v) is 6.47. The van der Waals surface area contributed by atoms with Crippen LogP contribution in [-0.2, 0) is 0 Å². The Morgan fingerprint density at radius 2 is 2.05 bits per heavy atom. The summed E-state index contributed by atoms with van der Waals surface area (Å²) in [5.41, 5.74) is 7.51. The van der Waals surface area contributed by atoms with Gasteiger partial charge in [0, 0.05) is 36.3 Å². The molecule has 1 fully saturated rings.